The lowest BCUT2D eigenvalue weighted by Gasteiger charge is -2.47. The number of hydrogen-bond acceptors (Lipinski definition) is 6. The zero-order valence-electron chi connectivity index (χ0n) is 16.1. The number of likely N-dealkylation sites (tertiary alicyclic amines) is 1. The first kappa shape index (κ1) is 18.6. The quantitative estimate of drug-likeness (QED) is 0.743. The lowest BCUT2D eigenvalue weighted by molar-refractivity contribution is -0.134. The molecule has 4 rings (SSSR count). The fourth-order valence-corrected chi connectivity index (χ4v) is 6.07. The van der Waals surface area contributed by atoms with Crippen LogP contribution < -0.4 is 4.90 Å². The summed E-state index contributed by atoms with van der Waals surface area (Å²) in [6.07, 6.45) is 6.52. The monoisotopic (exact) mass is 393 g/mol. The van der Waals surface area contributed by atoms with Gasteiger partial charge in [-0.2, -0.15) is 0 Å². The molecule has 8 nitrogen and oxygen atoms in total. The lowest BCUT2D eigenvalue weighted by Crippen LogP contribution is -2.57. The summed E-state index contributed by atoms with van der Waals surface area (Å²) in [6, 6.07) is 0. The molecule has 27 heavy (non-hydrogen) atoms. The van der Waals surface area contributed by atoms with Gasteiger partial charge in [0.05, 0.1) is 17.7 Å². The molecule has 0 N–H and O–H groups in total. The van der Waals surface area contributed by atoms with Gasteiger partial charge in [0.25, 0.3) is 0 Å². The van der Waals surface area contributed by atoms with E-state index in [1.807, 2.05) is 31.1 Å². The van der Waals surface area contributed by atoms with Gasteiger partial charge < -0.3 is 9.80 Å². The Morgan fingerprint density at radius 2 is 1.81 bits per heavy atom. The first-order valence-electron chi connectivity index (χ1n) is 9.56. The largest absolute Gasteiger partial charge is 0.341 e. The van der Waals surface area contributed by atoms with E-state index in [2.05, 4.69) is 14.9 Å². The van der Waals surface area contributed by atoms with Crippen molar-refractivity contribution in [1.82, 2.24) is 19.2 Å². The van der Waals surface area contributed by atoms with Crippen LogP contribution in [0.15, 0.2) is 12.4 Å². The summed E-state index contributed by atoms with van der Waals surface area (Å²) in [4.78, 5) is 26.1. The molecule has 1 amide bonds. The Hall–Kier alpha value is -1.74. The number of carbonyl (C=O) groups is 1. The Morgan fingerprint density at radius 1 is 1.19 bits per heavy atom. The molecule has 3 saturated heterocycles. The molecule has 0 aliphatic carbocycles. The van der Waals surface area contributed by atoms with Crippen LogP contribution in [0.3, 0.4) is 0 Å². The van der Waals surface area contributed by atoms with Gasteiger partial charge in [-0.1, -0.05) is 0 Å². The number of fused-ring (bicyclic) bond motifs is 2. The van der Waals surface area contributed by atoms with Crippen molar-refractivity contribution in [2.75, 3.05) is 43.9 Å². The molecule has 0 unspecified atom stereocenters. The molecule has 148 valence electrons. The average Bonchev–Trinajstić information content (AvgIpc) is 3.16. The van der Waals surface area contributed by atoms with Gasteiger partial charge >= 0.3 is 0 Å². The van der Waals surface area contributed by atoms with Gasteiger partial charge in [0.15, 0.2) is 0 Å². The molecule has 0 saturated carbocycles. The number of rotatable bonds is 3. The molecule has 0 bridgehead atoms. The molecule has 1 spiro atoms. The standard InChI is InChI=1S/C18H27N5O3S/c1-4-23-16(24)14-11-22(27(3,25)26)12-15(14)18(23)5-7-21(8-6-18)17-19-9-13(2)10-20-17/h9-10,14-15H,4-8,11-12H2,1-3H3/t14-,15+/m0/s1. The predicted octanol–water partition coefficient (Wildman–Crippen LogP) is 0.494. The topological polar surface area (TPSA) is 86.7 Å². The third-order valence-electron chi connectivity index (χ3n) is 6.56. The maximum atomic E-state index is 13.0. The summed E-state index contributed by atoms with van der Waals surface area (Å²) in [5.74, 6) is 0.708. The van der Waals surface area contributed by atoms with Crippen LogP contribution in [0.2, 0.25) is 0 Å². The van der Waals surface area contributed by atoms with Gasteiger partial charge in [-0.05, 0) is 32.3 Å². The molecule has 1 aromatic heterocycles. The van der Waals surface area contributed by atoms with E-state index in [-0.39, 0.29) is 23.3 Å². The number of nitrogens with zero attached hydrogens (tertiary/aromatic N) is 5. The Kier molecular flexibility index (Phi) is 4.42. The first-order chi connectivity index (χ1) is 12.8. The van der Waals surface area contributed by atoms with E-state index in [4.69, 9.17) is 0 Å². The van der Waals surface area contributed by atoms with Crippen molar-refractivity contribution in [3.8, 4) is 0 Å². The maximum absolute atomic E-state index is 13.0. The van der Waals surface area contributed by atoms with Crippen molar-refractivity contribution in [2.24, 2.45) is 11.8 Å². The Bertz CT molecular complexity index is 833. The highest BCUT2D eigenvalue weighted by Crippen LogP contribution is 2.50. The summed E-state index contributed by atoms with van der Waals surface area (Å²) >= 11 is 0. The third-order valence-corrected chi connectivity index (χ3v) is 7.80. The fourth-order valence-electron chi connectivity index (χ4n) is 5.21. The Labute approximate surface area is 160 Å². The summed E-state index contributed by atoms with van der Waals surface area (Å²) in [6.45, 7) is 6.98. The van der Waals surface area contributed by atoms with Crippen LogP contribution in [0, 0.1) is 18.8 Å². The minimum atomic E-state index is -3.27. The molecular formula is C18H27N5O3S. The SMILES string of the molecule is CCN1C(=O)[C@H]2CN(S(C)(=O)=O)C[C@H]2C12CCN(c1ncc(C)cn1)CC2. The van der Waals surface area contributed by atoms with Gasteiger partial charge in [-0.3, -0.25) is 4.79 Å². The van der Waals surface area contributed by atoms with Gasteiger partial charge in [-0.25, -0.2) is 22.7 Å². The molecule has 3 aliphatic heterocycles. The van der Waals surface area contributed by atoms with Crippen LogP contribution >= 0.6 is 0 Å². The van der Waals surface area contributed by atoms with E-state index in [1.165, 1.54) is 10.6 Å². The van der Waals surface area contributed by atoms with E-state index in [0.29, 0.717) is 19.6 Å². The highest BCUT2D eigenvalue weighted by Gasteiger charge is 2.62. The molecule has 9 heteroatoms. The van der Waals surface area contributed by atoms with E-state index in [0.717, 1.165) is 37.4 Å². The predicted molar refractivity (Wildman–Crippen MR) is 102 cm³/mol. The number of aromatic nitrogens is 2. The van der Waals surface area contributed by atoms with Crippen molar-refractivity contribution in [2.45, 2.75) is 32.2 Å². The molecule has 0 aromatic carbocycles. The van der Waals surface area contributed by atoms with E-state index >= 15 is 0 Å². The van der Waals surface area contributed by atoms with Crippen molar-refractivity contribution >= 4 is 21.9 Å². The molecule has 3 aliphatic rings. The molecule has 0 radical (unpaired) electrons. The van der Waals surface area contributed by atoms with Crippen LogP contribution in [-0.2, 0) is 14.8 Å². The third kappa shape index (κ3) is 2.91. The van der Waals surface area contributed by atoms with E-state index < -0.39 is 10.0 Å². The van der Waals surface area contributed by atoms with E-state index in [9.17, 15) is 13.2 Å². The number of aryl methyl sites for hydroxylation is 1. The number of sulfonamides is 1. The van der Waals surface area contributed by atoms with Crippen molar-refractivity contribution in [1.29, 1.82) is 0 Å². The van der Waals surface area contributed by atoms with Crippen molar-refractivity contribution < 1.29 is 13.2 Å². The Balaban J connectivity index is 1.58. The minimum absolute atomic E-state index is 0.0701. The number of anilines is 1. The van der Waals surface area contributed by atoms with E-state index in [1.54, 1.807) is 0 Å². The smallest absolute Gasteiger partial charge is 0.227 e. The molecular weight excluding hydrogens is 366 g/mol. The maximum Gasteiger partial charge on any atom is 0.227 e. The van der Waals surface area contributed by atoms with Crippen LogP contribution in [0.4, 0.5) is 5.95 Å². The second kappa shape index (κ2) is 6.41. The summed E-state index contributed by atoms with van der Waals surface area (Å²) < 4.78 is 25.6. The average molecular weight is 394 g/mol. The van der Waals surface area contributed by atoms with Gasteiger partial charge in [0.1, 0.15) is 0 Å². The zero-order chi connectivity index (χ0) is 19.4. The Morgan fingerprint density at radius 3 is 2.37 bits per heavy atom. The second-order valence-electron chi connectivity index (χ2n) is 8.03. The number of hydrogen-bond donors (Lipinski definition) is 0. The number of carbonyl (C=O) groups excluding carboxylic acids is 1. The summed E-state index contributed by atoms with van der Waals surface area (Å²) in [5, 5.41) is 0. The summed E-state index contributed by atoms with van der Waals surface area (Å²) in [5.41, 5.74) is 0.775. The fraction of sp³-hybridized carbons (Fsp3) is 0.722. The van der Waals surface area contributed by atoms with Crippen LogP contribution in [0.25, 0.3) is 0 Å². The van der Waals surface area contributed by atoms with Crippen molar-refractivity contribution in [3.05, 3.63) is 18.0 Å². The molecule has 4 heterocycles. The van der Waals surface area contributed by atoms with Gasteiger partial charge in [0, 0.05) is 51.0 Å². The minimum Gasteiger partial charge on any atom is -0.341 e. The highest BCUT2D eigenvalue weighted by molar-refractivity contribution is 7.88. The summed E-state index contributed by atoms with van der Waals surface area (Å²) in [7, 11) is -3.27. The molecule has 2 atom stereocenters. The van der Waals surface area contributed by atoms with Gasteiger partial charge in [-0.15, -0.1) is 0 Å². The van der Waals surface area contributed by atoms with Gasteiger partial charge in [0.2, 0.25) is 21.9 Å². The lowest BCUT2D eigenvalue weighted by atomic mass is 9.75. The second-order valence-corrected chi connectivity index (χ2v) is 10.0. The van der Waals surface area contributed by atoms with Crippen molar-refractivity contribution in [3.63, 3.8) is 0 Å². The zero-order valence-corrected chi connectivity index (χ0v) is 16.9. The molecule has 3 fully saturated rings. The van der Waals surface area contributed by atoms with Crippen LogP contribution in [0.5, 0.6) is 0 Å². The highest BCUT2D eigenvalue weighted by atomic mass is 32.2. The van der Waals surface area contributed by atoms with Crippen LogP contribution in [-0.4, -0.2) is 78.0 Å². The first-order valence-corrected chi connectivity index (χ1v) is 11.4. The van der Waals surface area contributed by atoms with Crippen LogP contribution in [0.1, 0.15) is 25.3 Å². The number of piperidine rings is 1. The molecule has 1 aromatic rings. The normalized spacial score (nSPS) is 28.2. The number of amides is 1.